The Kier molecular flexibility index (Phi) is 6.76. The second kappa shape index (κ2) is 8.85. The summed E-state index contributed by atoms with van der Waals surface area (Å²) in [6, 6.07) is 8.43. The van der Waals surface area contributed by atoms with Crippen molar-refractivity contribution < 1.29 is 19.1 Å². The van der Waals surface area contributed by atoms with Crippen molar-refractivity contribution in [1.82, 2.24) is 5.32 Å². The number of amides is 3. The number of carbonyl (C=O) groups is 3. The lowest BCUT2D eigenvalue weighted by atomic mass is 10.1. The van der Waals surface area contributed by atoms with Crippen LogP contribution in [0.4, 0.5) is 9.80 Å². The number of hydrogen-bond donors (Lipinski definition) is 4. The average molecular weight is 404 g/mol. The maximum absolute atomic E-state index is 11.8. The molecular weight excluding hydrogens is 380 g/mol. The van der Waals surface area contributed by atoms with E-state index in [-0.39, 0.29) is 18.1 Å². The lowest BCUT2D eigenvalue weighted by Crippen LogP contribution is -2.31. The van der Waals surface area contributed by atoms with Crippen LogP contribution in [0.1, 0.15) is 36.7 Å². The monoisotopic (exact) mass is 404 g/mol. The van der Waals surface area contributed by atoms with Gasteiger partial charge in [0.2, 0.25) is 0 Å². The zero-order valence-corrected chi connectivity index (χ0v) is 16.8. The summed E-state index contributed by atoms with van der Waals surface area (Å²) in [4.78, 5) is 35.2. The van der Waals surface area contributed by atoms with Crippen LogP contribution in [0.15, 0.2) is 30.3 Å². The molecule has 0 aliphatic rings. The van der Waals surface area contributed by atoms with E-state index in [1.54, 1.807) is 6.07 Å². The highest BCUT2D eigenvalue weighted by Crippen LogP contribution is 2.35. The molecule has 1 aromatic carbocycles. The van der Waals surface area contributed by atoms with E-state index in [0.717, 1.165) is 16.0 Å². The van der Waals surface area contributed by atoms with Crippen LogP contribution in [0.3, 0.4) is 0 Å². The Morgan fingerprint density at radius 1 is 1.14 bits per heavy atom. The molecule has 0 aliphatic heterocycles. The normalized spacial score (nSPS) is 11.1. The molecule has 0 bridgehead atoms. The lowest BCUT2D eigenvalue weighted by Gasteiger charge is -2.19. The number of rotatable bonds is 7. The molecule has 0 saturated carbocycles. The van der Waals surface area contributed by atoms with Crippen LogP contribution in [-0.4, -0.2) is 30.1 Å². The Labute approximate surface area is 167 Å². The zero-order chi connectivity index (χ0) is 20.9. The van der Waals surface area contributed by atoms with Gasteiger partial charge in [-0.2, -0.15) is 0 Å². The van der Waals surface area contributed by atoms with Crippen LogP contribution in [0.25, 0.3) is 10.4 Å². The molecule has 9 heteroatoms. The summed E-state index contributed by atoms with van der Waals surface area (Å²) in [5.74, 6) is -0.975. The average Bonchev–Trinajstić information content (AvgIpc) is 2.97. The van der Waals surface area contributed by atoms with Crippen molar-refractivity contribution in [3.63, 3.8) is 0 Å². The maximum Gasteiger partial charge on any atom is 0.320 e. The van der Waals surface area contributed by atoms with Gasteiger partial charge in [0.25, 0.3) is 5.91 Å². The minimum atomic E-state index is -0.768. The fraction of sp³-hybridized carbons (Fsp3) is 0.316. The Hall–Kier alpha value is -2.91. The number of nitrogens with one attached hydrogen (secondary N) is 2. The Bertz CT molecular complexity index is 886. The zero-order valence-electron chi connectivity index (χ0n) is 16.0. The van der Waals surface area contributed by atoms with Gasteiger partial charge in [-0.05, 0) is 44.0 Å². The number of anilines is 1. The van der Waals surface area contributed by atoms with Crippen LogP contribution in [0.2, 0.25) is 0 Å². The van der Waals surface area contributed by atoms with E-state index < -0.39 is 17.5 Å². The molecule has 2 aromatic rings. The first kappa shape index (κ1) is 21.4. The van der Waals surface area contributed by atoms with E-state index in [1.807, 2.05) is 45.0 Å². The number of esters is 1. The fourth-order valence-corrected chi connectivity index (χ4v) is 3.50. The number of carbonyl (C=O) groups excluding carboxylic acids is 3. The van der Waals surface area contributed by atoms with Crippen LogP contribution < -0.4 is 22.1 Å². The molecule has 0 fully saturated rings. The van der Waals surface area contributed by atoms with Gasteiger partial charge in [-0.3, -0.25) is 14.9 Å². The van der Waals surface area contributed by atoms with Gasteiger partial charge >= 0.3 is 12.0 Å². The standard InChI is InChI=1S/C19H24N4O4S/c1-19(2,3)27-15(24)10-22-9-11-5-4-6-12(7-11)14-8-13(16(20)25)17(28-14)23-18(21)26/h4-8,22H,9-10H2,1-3H3,(H2,20,25)(H3,21,23,26). The van der Waals surface area contributed by atoms with Crippen LogP contribution in [0, 0.1) is 0 Å². The highest BCUT2D eigenvalue weighted by molar-refractivity contribution is 7.20. The maximum atomic E-state index is 11.8. The van der Waals surface area contributed by atoms with Gasteiger partial charge in [-0.15, -0.1) is 11.3 Å². The molecule has 0 spiro atoms. The van der Waals surface area contributed by atoms with Gasteiger partial charge in [0.05, 0.1) is 12.1 Å². The first-order valence-corrected chi connectivity index (χ1v) is 9.39. The second-order valence-corrected chi connectivity index (χ2v) is 8.15. The van der Waals surface area contributed by atoms with E-state index in [2.05, 4.69) is 10.6 Å². The summed E-state index contributed by atoms with van der Waals surface area (Å²) >= 11 is 1.21. The van der Waals surface area contributed by atoms with Gasteiger partial charge in [0.15, 0.2) is 0 Å². The molecule has 3 amide bonds. The molecule has 0 atom stereocenters. The summed E-state index contributed by atoms with van der Waals surface area (Å²) in [6.07, 6.45) is 0. The molecule has 0 aliphatic carbocycles. The van der Waals surface area contributed by atoms with Crippen molar-refractivity contribution in [3.05, 3.63) is 41.5 Å². The molecule has 150 valence electrons. The lowest BCUT2D eigenvalue weighted by molar-refractivity contribution is -0.153. The van der Waals surface area contributed by atoms with Crippen molar-refractivity contribution in [1.29, 1.82) is 0 Å². The fourth-order valence-electron chi connectivity index (χ4n) is 2.44. The SMILES string of the molecule is CC(C)(C)OC(=O)CNCc1cccc(-c2cc(C(N)=O)c(NC(N)=O)s2)c1. The number of benzene rings is 1. The van der Waals surface area contributed by atoms with Crippen molar-refractivity contribution >= 4 is 34.2 Å². The quantitative estimate of drug-likeness (QED) is 0.525. The van der Waals surface area contributed by atoms with Crippen molar-refractivity contribution in [2.24, 2.45) is 11.5 Å². The summed E-state index contributed by atoms with van der Waals surface area (Å²) in [5, 5.41) is 5.77. The predicted molar refractivity (Wildman–Crippen MR) is 109 cm³/mol. The molecule has 28 heavy (non-hydrogen) atoms. The Morgan fingerprint density at radius 3 is 2.46 bits per heavy atom. The summed E-state index contributed by atoms with van der Waals surface area (Å²) < 4.78 is 5.25. The van der Waals surface area contributed by atoms with E-state index in [9.17, 15) is 14.4 Å². The molecule has 2 rings (SSSR count). The van der Waals surface area contributed by atoms with Gasteiger partial charge in [-0.25, -0.2) is 4.79 Å². The molecule has 1 heterocycles. The first-order chi connectivity index (χ1) is 13.0. The van der Waals surface area contributed by atoms with E-state index in [1.165, 1.54) is 11.3 Å². The second-order valence-electron chi connectivity index (χ2n) is 7.10. The smallest absolute Gasteiger partial charge is 0.320 e. The molecule has 1 aromatic heterocycles. The first-order valence-electron chi connectivity index (χ1n) is 8.57. The third-order valence-corrected chi connectivity index (χ3v) is 4.56. The molecule has 0 unspecified atom stereocenters. The largest absolute Gasteiger partial charge is 0.459 e. The molecular formula is C19H24N4O4S. The highest BCUT2D eigenvalue weighted by atomic mass is 32.1. The van der Waals surface area contributed by atoms with Gasteiger partial charge in [0, 0.05) is 11.4 Å². The highest BCUT2D eigenvalue weighted by Gasteiger charge is 2.17. The third kappa shape index (κ3) is 6.36. The summed E-state index contributed by atoms with van der Waals surface area (Å²) in [5.41, 5.74) is 12.0. The van der Waals surface area contributed by atoms with E-state index >= 15 is 0 Å². The van der Waals surface area contributed by atoms with Gasteiger partial charge in [-0.1, -0.05) is 18.2 Å². The van der Waals surface area contributed by atoms with Gasteiger partial charge < -0.3 is 21.5 Å². The Morgan fingerprint density at radius 2 is 1.86 bits per heavy atom. The topological polar surface area (TPSA) is 137 Å². The predicted octanol–water partition coefficient (Wildman–Crippen LogP) is 2.44. The summed E-state index contributed by atoms with van der Waals surface area (Å²) in [6.45, 7) is 6.01. The van der Waals surface area contributed by atoms with Crippen LogP contribution in [0.5, 0.6) is 0 Å². The number of ether oxygens (including phenoxy) is 1. The number of hydrogen-bond acceptors (Lipinski definition) is 6. The Balaban J connectivity index is 2.10. The van der Waals surface area contributed by atoms with E-state index in [0.29, 0.717) is 11.5 Å². The molecule has 0 radical (unpaired) electrons. The van der Waals surface area contributed by atoms with Crippen molar-refractivity contribution in [3.8, 4) is 10.4 Å². The van der Waals surface area contributed by atoms with Crippen LogP contribution >= 0.6 is 11.3 Å². The minimum Gasteiger partial charge on any atom is -0.459 e. The molecule has 6 N–H and O–H groups in total. The number of thiophene rings is 1. The number of primary amides is 2. The van der Waals surface area contributed by atoms with E-state index in [4.69, 9.17) is 16.2 Å². The number of nitrogens with two attached hydrogens (primary N) is 2. The van der Waals surface area contributed by atoms with Crippen molar-refractivity contribution in [2.75, 3.05) is 11.9 Å². The molecule has 0 saturated heterocycles. The molecule has 8 nitrogen and oxygen atoms in total. The summed E-state index contributed by atoms with van der Waals surface area (Å²) in [7, 11) is 0. The van der Waals surface area contributed by atoms with Crippen LogP contribution in [-0.2, 0) is 16.1 Å². The van der Waals surface area contributed by atoms with Crippen molar-refractivity contribution in [2.45, 2.75) is 32.9 Å². The van der Waals surface area contributed by atoms with Gasteiger partial charge in [0.1, 0.15) is 10.6 Å². The number of urea groups is 1. The minimum absolute atomic E-state index is 0.0962. The third-order valence-electron chi connectivity index (χ3n) is 3.46.